The average molecular weight is 307 g/mol. The molecule has 0 radical (unpaired) electrons. The van der Waals surface area contributed by atoms with Crippen molar-refractivity contribution in [2.75, 3.05) is 11.1 Å². The van der Waals surface area contributed by atoms with E-state index in [1.165, 1.54) is 0 Å². The average Bonchev–Trinajstić information content (AvgIpc) is 2.09. The number of rotatable bonds is 3. The normalized spacial score (nSPS) is 10.0. The van der Waals surface area contributed by atoms with Gasteiger partial charge in [-0.2, -0.15) is 0 Å². The molecule has 1 aromatic carbocycles. The summed E-state index contributed by atoms with van der Waals surface area (Å²) in [5, 5.41) is 0.674. The molecule has 1 rings (SSSR count). The molecule has 2 N–H and O–H groups in total. The SMILES string of the molecule is Nc1ccc(Br)c(C(=O)CCBr)c1. The zero-order valence-electron chi connectivity index (χ0n) is 6.89. The summed E-state index contributed by atoms with van der Waals surface area (Å²) in [5.41, 5.74) is 6.84. The summed E-state index contributed by atoms with van der Waals surface area (Å²) in [5.74, 6) is 0.0936. The molecule has 2 nitrogen and oxygen atoms in total. The van der Waals surface area contributed by atoms with E-state index in [4.69, 9.17) is 5.73 Å². The van der Waals surface area contributed by atoms with Gasteiger partial charge in [0.1, 0.15) is 0 Å². The molecule has 70 valence electrons. The van der Waals surface area contributed by atoms with Crippen molar-refractivity contribution in [2.45, 2.75) is 6.42 Å². The summed E-state index contributed by atoms with van der Waals surface area (Å²) in [4.78, 5) is 11.5. The van der Waals surface area contributed by atoms with Crippen LogP contribution in [0.1, 0.15) is 16.8 Å². The van der Waals surface area contributed by atoms with Gasteiger partial charge in [-0.05, 0) is 18.2 Å². The van der Waals surface area contributed by atoms with E-state index in [9.17, 15) is 4.79 Å². The predicted molar refractivity (Wildman–Crippen MR) is 61.3 cm³/mol. The smallest absolute Gasteiger partial charge is 0.164 e. The number of carbonyl (C=O) groups is 1. The highest BCUT2D eigenvalue weighted by molar-refractivity contribution is 9.10. The molecule has 13 heavy (non-hydrogen) atoms. The lowest BCUT2D eigenvalue weighted by atomic mass is 10.1. The van der Waals surface area contributed by atoms with Crippen LogP contribution in [-0.2, 0) is 0 Å². The highest BCUT2D eigenvalue weighted by Crippen LogP contribution is 2.21. The lowest BCUT2D eigenvalue weighted by Gasteiger charge is -2.03. The van der Waals surface area contributed by atoms with E-state index in [1.54, 1.807) is 18.2 Å². The van der Waals surface area contributed by atoms with E-state index in [-0.39, 0.29) is 5.78 Å². The quantitative estimate of drug-likeness (QED) is 0.530. The second kappa shape index (κ2) is 4.77. The van der Waals surface area contributed by atoms with Crippen molar-refractivity contribution in [2.24, 2.45) is 0 Å². The summed E-state index contributed by atoms with van der Waals surface area (Å²) < 4.78 is 0.799. The first kappa shape index (κ1) is 10.7. The van der Waals surface area contributed by atoms with Gasteiger partial charge in [0.15, 0.2) is 5.78 Å². The standard InChI is InChI=1S/C9H9Br2NO/c10-4-3-9(13)7-5-6(12)1-2-8(7)11/h1-2,5H,3-4,12H2. The number of nitrogen functional groups attached to an aromatic ring is 1. The summed E-state index contributed by atoms with van der Waals surface area (Å²) in [6.45, 7) is 0. The van der Waals surface area contributed by atoms with Crippen LogP contribution in [0, 0.1) is 0 Å². The molecule has 0 heterocycles. The summed E-state index contributed by atoms with van der Waals surface area (Å²) in [6.07, 6.45) is 0.488. The minimum absolute atomic E-state index is 0.0936. The fourth-order valence-corrected chi connectivity index (χ4v) is 1.80. The number of nitrogens with two attached hydrogens (primary N) is 1. The topological polar surface area (TPSA) is 43.1 Å². The first-order valence-electron chi connectivity index (χ1n) is 3.79. The van der Waals surface area contributed by atoms with Gasteiger partial charge in [-0.15, -0.1) is 0 Å². The first-order valence-corrected chi connectivity index (χ1v) is 5.71. The zero-order chi connectivity index (χ0) is 9.84. The van der Waals surface area contributed by atoms with E-state index < -0.39 is 0 Å². The predicted octanol–water partition coefficient (Wildman–Crippen LogP) is 3.00. The third-order valence-corrected chi connectivity index (χ3v) is 2.70. The summed E-state index contributed by atoms with van der Waals surface area (Å²) in [6, 6.07) is 5.24. The van der Waals surface area contributed by atoms with Gasteiger partial charge >= 0.3 is 0 Å². The van der Waals surface area contributed by atoms with Gasteiger partial charge in [-0.25, -0.2) is 0 Å². The van der Waals surface area contributed by atoms with E-state index in [1.807, 2.05) is 0 Å². The largest absolute Gasteiger partial charge is 0.399 e. The number of hydrogen-bond donors (Lipinski definition) is 1. The number of Topliss-reactive ketones (excluding diaryl/α,β-unsaturated/α-hetero) is 1. The molecule has 0 amide bonds. The lowest BCUT2D eigenvalue weighted by Crippen LogP contribution is -2.01. The molecule has 0 saturated heterocycles. The van der Waals surface area contributed by atoms with Crippen molar-refractivity contribution in [1.29, 1.82) is 0 Å². The van der Waals surface area contributed by atoms with Crippen LogP contribution in [0.5, 0.6) is 0 Å². The molecule has 0 spiro atoms. The van der Waals surface area contributed by atoms with Crippen LogP contribution in [0.4, 0.5) is 5.69 Å². The number of carbonyl (C=O) groups excluding carboxylic acids is 1. The van der Waals surface area contributed by atoms with Gasteiger partial charge < -0.3 is 5.73 Å². The molecular formula is C9H9Br2NO. The number of alkyl halides is 1. The molecule has 0 atom stereocenters. The second-order valence-electron chi connectivity index (χ2n) is 2.60. The van der Waals surface area contributed by atoms with Crippen LogP contribution < -0.4 is 5.73 Å². The molecule has 0 fully saturated rings. The second-order valence-corrected chi connectivity index (χ2v) is 4.25. The van der Waals surface area contributed by atoms with E-state index in [0.29, 0.717) is 23.0 Å². The van der Waals surface area contributed by atoms with Crippen molar-refractivity contribution in [3.05, 3.63) is 28.2 Å². The molecule has 0 bridgehead atoms. The Hall–Kier alpha value is -0.350. The number of anilines is 1. The van der Waals surface area contributed by atoms with Gasteiger partial charge in [0.2, 0.25) is 0 Å². The van der Waals surface area contributed by atoms with Crippen molar-refractivity contribution in [3.8, 4) is 0 Å². The highest BCUT2D eigenvalue weighted by atomic mass is 79.9. The third-order valence-electron chi connectivity index (χ3n) is 1.61. The summed E-state index contributed by atoms with van der Waals surface area (Å²) in [7, 11) is 0. The Balaban J connectivity index is 2.99. The lowest BCUT2D eigenvalue weighted by molar-refractivity contribution is 0.0989. The molecule has 0 aliphatic rings. The van der Waals surface area contributed by atoms with Gasteiger partial charge in [-0.3, -0.25) is 4.79 Å². The van der Waals surface area contributed by atoms with Gasteiger partial charge in [0.25, 0.3) is 0 Å². The van der Waals surface area contributed by atoms with Crippen LogP contribution in [0.2, 0.25) is 0 Å². The van der Waals surface area contributed by atoms with Gasteiger partial charge in [-0.1, -0.05) is 31.9 Å². The van der Waals surface area contributed by atoms with E-state index in [0.717, 1.165) is 4.47 Å². The van der Waals surface area contributed by atoms with Crippen LogP contribution in [0.3, 0.4) is 0 Å². The maximum atomic E-state index is 11.5. The minimum atomic E-state index is 0.0936. The Morgan fingerprint density at radius 2 is 2.15 bits per heavy atom. The molecule has 1 aromatic rings. The zero-order valence-corrected chi connectivity index (χ0v) is 10.1. The molecule has 0 saturated carbocycles. The molecule has 0 aromatic heterocycles. The molecule has 0 aliphatic carbocycles. The monoisotopic (exact) mass is 305 g/mol. The fraction of sp³-hybridized carbons (Fsp3) is 0.222. The number of benzene rings is 1. The Bertz CT molecular complexity index is 325. The van der Waals surface area contributed by atoms with Crippen molar-refractivity contribution >= 4 is 43.3 Å². The maximum Gasteiger partial charge on any atom is 0.164 e. The molecule has 4 heteroatoms. The van der Waals surface area contributed by atoms with E-state index >= 15 is 0 Å². The van der Waals surface area contributed by atoms with Crippen LogP contribution in [0.15, 0.2) is 22.7 Å². The fourth-order valence-electron chi connectivity index (χ4n) is 0.977. The number of ketones is 1. The van der Waals surface area contributed by atoms with Crippen LogP contribution >= 0.6 is 31.9 Å². The molecule has 0 unspecified atom stereocenters. The molecule has 0 aliphatic heterocycles. The minimum Gasteiger partial charge on any atom is -0.399 e. The maximum absolute atomic E-state index is 11.5. The summed E-state index contributed by atoms with van der Waals surface area (Å²) >= 11 is 6.53. The first-order chi connectivity index (χ1) is 6.15. The van der Waals surface area contributed by atoms with Crippen LogP contribution in [-0.4, -0.2) is 11.1 Å². The Labute approximate surface area is 93.8 Å². The van der Waals surface area contributed by atoms with Gasteiger partial charge in [0.05, 0.1) is 0 Å². The van der Waals surface area contributed by atoms with Crippen molar-refractivity contribution in [1.82, 2.24) is 0 Å². The third kappa shape index (κ3) is 2.81. The number of hydrogen-bond acceptors (Lipinski definition) is 2. The Morgan fingerprint density at radius 3 is 2.77 bits per heavy atom. The highest BCUT2D eigenvalue weighted by Gasteiger charge is 2.08. The van der Waals surface area contributed by atoms with Crippen molar-refractivity contribution in [3.63, 3.8) is 0 Å². The Morgan fingerprint density at radius 1 is 1.46 bits per heavy atom. The molecular weight excluding hydrogens is 298 g/mol. The van der Waals surface area contributed by atoms with E-state index in [2.05, 4.69) is 31.9 Å². The van der Waals surface area contributed by atoms with Gasteiger partial charge in [0, 0.05) is 27.5 Å². The van der Waals surface area contributed by atoms with Crippen molar-refractivity contribution < 1.29 is 4.79 Å². The van der Waals surface area contributed by atoms with Crippen LogP contribution in [0.25, 0.3) is 0 Å². The Kier molecular flexibility index (Phi) is 3.93. The number of halogens is 2.